The van der Waals surface area contributed by atoms with Gasteiger partial charge in [0.1, 0.15) is 0 Å². The van der Waals surface area contributed by atoms with E-state index in [4.69, 9.17) is 4.74 Å². The molecule has 0 heterocycles. The van der Waals surface area contributed by atoms with E-state index in [0.717, 1.165) is 5.57 Å². The van der Waals surface area contributed by atoms with Gasteiger partial charge in [-0.1, -0.05) is 30.9 Å². The Balaban J connectivity index is 5.28. The first kappa shape index (κ1) is 16.1. The fourth-order valence-electron chi connectivity index (χ4n) is 1.50. The summed E-state index contributed by atoms with van der Waals surface area (Å²) >= 11 is 0. The van der Waals surface area contributed by atoms with Gasteiger partial charge in [-0.25, -0.2) is 4.79 Å². The monoisotopic (exact) mass is 247 g/mol. The summed E-state index contributed by atoms with van der Waals surface area (Å²) in [5.41, 5.74) is 2.22. The van der Waals surface area contributed by atoms with Gasteiger partial charge in [0.15, 0.2) is 0 Å². The molecule has 0 spiro atoms. The molecule has 3 heteroatoms. The zero-order chi connectivity index (χ0) is 14.0. The van der Waals surface area contributed by atoms with Gasteiger partial charge in [-0.05, 0) is 26.3 Å². The third-order valence-corrected chi connectivity index (χ3v) is 2.38. The number of carbonyl (C=O) groups is 1. The quantitative estimate of drug-likeness (QED) is 0.311. The van der Waals surface area contributed by atoms with Crippen molar-refractivity contribution in [1.29, 1.82) is 0 Å². The molecule has 0 saturated carbocycles. The summed E-state index contributed by atoms with van der Waals surface area (Å²) in [6.45, 7) is 9.27. The van der Waals surface area contributed by atoms with Crippen molar-refractivity contribution in [3.63, 3.8) is 0 Å². The van der Waals surface area contributed by atoms with Crippen LogP contribution in [0.4, 0.5) is 0 Å². The van der Waals surface area contributed by atoms with Crippen molar-refractivity contribution < 1.29 is 9.53 Å². The first-order valence-electron chi connectivity index (χ1n) is 5.85. The standard InChI is InChI=1S/C15H21NO2/c1-6-10-12(7-2)11-14(16-9-4)13(8-3)15(17)18-5/h6-10H,4,11H2,1-3,5H3/b10-6-,12-7+,13-8+,16-14?. The summed E-state index contributed by atoms with van der Waals surface area (Å²) in [5, 5.41) is 0. The molecule has 0 fully saturated rings. The van der Waals surface area contributed by atoms with Crippen molar-refractivity contribution in [2.75, 3.05) is 7.11 Å². The summed E-state index contributed by atoms with van der Waals surface area (Å²) < 4.78 is 4.75. The maximum atomic E-state index is 11.6. The minimum absolute atomic E-state index is 0.381. The maximum absolute atomic E-state index is 11.6. The molecule has 0 aliphatic rings. The SMILES string of the molecule is C=CN=C(CC(/C=C\C)=C/C)/C(=C\C)C(=O)OC. The van der Waals surface area contributed by atoms with E-state index in [2.05, 4.69) is 11.6 Å². The number of ether oxygens (including phenoxy) is 1. The predicted molar refractivity (Wildman–Crippen MR) is 76.6 cm³/mol. The van der Waals surface area contributed by atoms with Crippen LogP contribution in [0.3, 0.4) is 0 Å². The number of carbonyl (C=O) groups excluding carboxylic acids is 1. The fourth-order valence-corrected chi connectivity index (χ4v) is 1.50. The third-order valence-electron chi connectivity index (χ3n) is 2.38. The number of methoxy groups -OCH3 is 1. The normalized spacial score (nSPS) is 13.9. The minimum Gasteiger partial charge on any atom is -0.465 e. The molecule has 0 radical (unpaired) electrons. The first-order valence-corrected chi connectivity index (χ1v) is 5.85. The van der Waals surface area contributed by atoms with Gasteiger partial charge in [0.05, 0.1) is 18.4 Å². The van der Waals surface area contributed by atoms with Crippen LogP contribution in [0.25, 0.3) is 0 Å². The highest BCUT2D eigenvalue weighted by Gasteiger charge is 2.15. The number of hydrogen-bond acceptors (Lipinski definition) is 3. The average molecular weight is 247 g/mol. The van der Waals surface area contributed by atoms with Crippen LogP contribution in [-0.2, 0) is 9.53 Å². The summed E-state index contributed by atoms with van der Waals surface area (Å²) in [4.78, 5) is 15.8. The third kappa shape index (κ3) is 4.95. The van der Waals surface area contributed by atoms with E-state index in [1.165, 1.54) is 13.3 Å². The van der Waals surface area contributed by atoms with E-state index < -0.39 is 0 Å². The zero-order valence-electron chi connectivity index (χ0n) is 11.6. The van der Waals surface area contributed by atoms with Gasteiger partial charge in [-0.2, -0.15) is 0 Å². The Kier molecular flexibility index (Phi) is 8.20. The minimum atomic E-state index is -0.381. The Hall–Kier alpha value is -1.90. The second kappa shape index (κ2) is 9.16. The van der Waals surface area contributed by atoms with Crippen molar-refractivity contribution in [3.05, 3.63) is 48.2 Å². The maximum Gasteiger partial charge on any atom is 0.339 e. The Labute approximate surface area is 109 Å². The van der Waals surface area contributed by atoms with Crippen LogP contribution >= 0.6 is 0 Å². The molecule has 0 aliphatic heterocycles. The second-order valence-corrected chi connectivity index (χ2v) is 3.49. The van der Waals surface area contributed by atoms with Crippen LogP contribution in [0.5, 0.6) is 0 Å². The van der Waals surface area contributed by atoms with Gasteiger partial charge in [0.25, 0.3) is 0 Å². The highest BCUT2D eigenvalue weighted by atomic mass is 16.5. The molecule has 98 valence electrons. The van der Waals surface area contributed by atoms with Gasteiger partial charge >= 0.3 is 5.97 Å². The van der Waals surface area contributed by atoms with Crippen molar-refractivity contribution in [2.24, 2.45) is 4.99 Å². The molecule has 0 atom stereocenters. The smallest absolute Gasteiger partial charge is 0.339 e. The molecule has 0 aromatic heterocycles. The van der Waals surface area contributed by atoms with E-state index in [-0.39, 0.29) is 5.97 Å². The summed E-state index contributed by atoms with van der Waals surface area (Å²) in [5.74, 6) is -0.381. The van der Waals surface area contributed by atoms with Crippen molar-refractivity contribution in [1.82, 2.24) is 0 Å². The lowest BCUT2D eigenvalue weighted by Crippen LogP contribution is -2.15. The van der Waals surface area contributed by atoms with Crippen LogP contribution in [0.15, 0.2) is 53.2 Å². The van der Waals surface area contributed by atoms with E-state index in [1.807, 2.05) is 32.1 Å². The van der Waals surface area contributed by atoms with Gasteiger partial charge in [-0.15, -0.1) is 0 Å². The molecule has 0 aliphatic carbocycles. The molecule has 0 aromatic rings. The van der Waals surface area contributed by atoms with Crippen LogP contribution in [0.2, 0.25) is 0 Å². The number of esters is 1. The van der Waals surface area contributed by atoms with E-state index in [1.54, 1.807) is 13.0 Å². The fraction of sp³-hybridized carbons (Fsp3) is 0.333. The van der Waals surface area contributed by atoms with Crippen LogP contribution in [-0.4, -0.2) is 18.8 Å². The van der Waals surface area contributed by atoms with Crippen molar-refractivity contribution in [3.8, 4) is 0 Å². The number of aliphatic imine (C=N–C) groups is 1. The summed E-state index contributed by atoms with van der Waals surface area (Å²) in [6.07, 6.45) is 9.64. The van der Waals surface area contributed by atoms with Gasteiger partial charge < -0.3 is 4.74 Å². The van der Waals surface area contributed by atoms with E-state index >= 15 is 0 Å². The number of allylic oxidation sites excluding steroid dienone is 5. The highest BCUT2D eigenvalue weighted by molar-refractivity contribution is 6.20. The Morgan fingerprint density at radius 1 is 1.28 bits per heavy atom. The Bertz CT molecular complexity index is 412. The molecule has 0 unspecified atom stereocenters. The van der Waals surface area contributed by atoms with Gasteiger partial charge in [0, 0.05) is 12.6 Å². The zero-order valence-corrected chi connectivity index (χ0v) is 11.6. The highest BCUT2D eigenvalue weighted by Crippen LogP contribution is 2.13. The second-order valence-electron chi connectivity index (χ2n) is 3.49. The predicted octanol–water partition coefficient (Wildman–Crippen LogP) is 3.60. The molecular formula is C15H21NO2. The lowest BCUT2D eigenvalue weighted by Gasteiger charge is -2.09. The van der Waals surface area contributed by atoms with Crippen LogP contribution in [0.1, 0.15) is 27.2 Å². The molecule has 0 saturated heterocycles. The number of nitrogens with zero attached hydrogens (tertiary/aromatic N) is 1. The molecule has 18 heavy (non-hydrogen) atoms. The summed E-state index contributed by atoms with van der Waals surface area (Å²) in [6, 6.07) is 0. The molecule has 0 N–H and O–H groups in total. The largest absolute Gasteiger partial charge is 0.465 e. The lowest BCUT2D eigenvalue weighted by molar-refractivity contribution is -0.135. The lowest BCUT2D eigenvalue weighted by atomic mass is 10.0. The molecule has 0 amide bonds. The van der Waals surface area contributed by atoms with Gasteiger partial charge in [-0.3, -0.25) is 4.99 Å². The Morgan fingerprint density at radius 3 is 2.33 bits per heavy atom. The molecular weight excluding hydrogens is 226 g/mol. The topological polar surface area (TPSA) is 38.7 Å². The van der Waals surface area contributed by atoms with E-state index in [9.17, 15) is 4.79 Å². The molecule has 0 bridgehead atoms. The summed E-state index contributed by atoms with van der Waals surface area (Å²) in [7, 11) is 1.36. The molecule has 0 aromatic carbocycles. The van der Waals surface area contributed by atoms with Crippen LogP contribution < -0.4 is 0 Å². The van der Waals surface area contributed by atoms with Crippen molar-refractivity contribution >= 4 is 11.7 Å². The van der Waals surface area contributed by atoms with Gasteiger partial charge in [0.2, 0.25) is 0 Å². The number of rotatable bonds is 6. The van der Waals surface area contributed by atoms with E-state index in [0.29, 0.717) is 17.7 Å². The molecule has 3 nitrogen and oxygen atoms in total. The molecule has 0 rings (SSSR count). The van der Waals surface area contributed by atoms with Crippen LogP contribution in [0, 0.1) is 0 Å². The number of hydrogen-bond donors (Lipinski definition) is 0. The Morgan fingerprint density at radius 2 is 1.94 bits per heavy atom. The van der Waals surface area contributed by atoms with Crippen molar-refractivity contribution in [2.45, 2.75) is 27.2 Å². The average Bonchev–Trinajstić information content (AvgIpc) is 2.38. The first-order chi connectivity index (χ1) is 8.64.